The fraction of sp³-hybridized carbons (Fsp3) is 0.267. The molecular weight excluding hydrogens is 555 g/mol. The first-order valence-electron chi connectivity index (χ1n) is 12.9. The lowest BCUT2D eigenvalue weighted by atomic mass is 9.80. The number of alkyl halides is 2. The number of imide groups is 1. The Hall–Kier alpha value is -3.88. The number of para-hydroxylation sites is 1. The summed E-state index contributed by atoms with van der Waals surface area (Å²) in [6, 6.07) is 22.0. The summed E-state index contributed by atoms with van der Waals surface area (Å²) in [5, 5.41) is 2.01. The molecule has 204 valence electrons. The predicted molar refractivity (Wildman–Crippen MR) is 149 cm³/mol. The molecule has 3 aliphatic rings. The first kappa shape index (κ1) is 26.3. The molecule has 2 bridgehead atoms. The highest BCUT2D eigenvalue weighted by molar-refractivity contribution is 6.32. The molecule has 8 nitrogen and oxygen atoms in total. The van der Waals surface area contributed by atoms with Crippen molar-refractivity contribution >= 4 is 58.3 Å². The first-order valence-corrected chi connectivity index (χ1v) is 13.7. The number of esters is 1. The zero-order chi connectivity index (χ0) is 28.0. The van der Waals surface area contributed by atoms with Gasteiger partial charge >= 0.3 is 5.97 Å². The number of hydrogen-bond acceptors (Lipinski definition) is 6. The number of fused-ring (bicyclic) bond motifs is 5. The number of carbonyl (C=O) groups is 4. The van der Waals surface area contributed by atoms with E-state index in [4.69, 9.17) is 32.7 Å². The smallest absolute Gasteiger partial charge is 0.338 e. The van der Waals surface area contributed by atoms with Gasteiger partial charge in [0, 0.05) is 5.69 Å². The lowest BCUT2D eigenvalue weighted by Crippen LogP contribution is -2.37. The quantitative estimate of drug-likeness (QED) is 0.233. The topological polar surface area (TPSA) is 102 Å². The Bertz CT molecular complexity index is 1430. The summed E-state index contributed by atoms with van der Waals surface area (Å²) in [7, 11) is 0. The minimum atomic E-state index is -0.711. The van der Waals surface area contributed by atoms with E-state index in [0.29, 0.717) is 29.3 Å². The largest absolute Gasteiger partial charge is 0.457 e. The van der Waals surface area contributed by atoms with Crippen LogP contribution in [0.2, 0.25) is 0 Å². The van der Waals surface area contributed by atoms with E-state index in [1.165, 1.54) is 29.2 Å². The van der Waals surface area contributed by atoms with Gasteiger partial charge in [-0.15, -0.1) is 23.2 Å². The van der Waals surface area contributed by atoms with E-state index in [0.717, 1.165) is 0 Å². The summed E-state index contributed by atoms with van der Waals surface area (Å²) in [5.74, 6) is -1.59. The molecule has 0 spiro atoms. The highest BCUT2D eigenvalue weighted by Crippen LogP contribution is 2.59. The zero-order valence-corrected chi connectivity index (χ0v) is 22.5. The molecule has 6 rings (SSSR count). The van der Waals surface area contributed by atoms with Crippen molar-refractivity contribution < 1.29 is 28.7 Å². The number of ether oxygens (including phenoxy) is 2. The number of halogens is 2. The average Bonchev–Trinajstić information content (AvgIpc) is 3.58. The number of hydrogen-bond donors (Lipinski definition) is 1. The average molecular weight is 579 g/mol. The molecule has 1 saturated heterocycles. The summed E-state index contributed by atoms with van der Waals surface area (Å²) in [5.41, 5.74) is 1.07. The Morgan fingerprint density at radius 1 is 0.800 bits per heavy atom. The Balaban J connectivity index is 1.02. The van der Waals surface area contributed by atoms with Gasteiger partial charge in [0.1, 0.15) is 11.5 Å². The van der Waals surface area contributed by atoms with Gasteiger partial charge in [0.15, 0.2) is 6.61 Å². The van der Waals surface area contributed by atoms with Gasteiger partial charge in [0.2, 0.25) is 11.8 Å². The predicted octanol–water partition coefficient (Wildman–Crippen LogP) is 5.24. The molecule has 0 aromatic heterocycles. The molecule has 3 fully saturated rings. The molecule has 1 N–H and O–H groups in total. The second-order valence-electron chi connectivity index (χ2n) is 10.1. The minimum Gasteiger partial charge on any atom is -0.457 e. The minimum absolute atomic E-state index is 0.110. The zero-order valence-electron chi connectivity index (χ0n) is 21.0. The van der Waals surface area contributed by atoms with Crippen molar-refractivity contribution in [1.82, 2.24) is 0 Å². The van der Waals surface area contributed by atoms with Crippen LogP contribution in [0.3, 0.4) is 0 Å². The Morgan fingerprint density at radius 3 is 1.98 bits per heavy atom. The van der Waals surface area contributed by atoms with Crippen LogP contribution in [0, 0.1) is 23.7 Å². The van der Waals surface area contributed by atoms with Crippen molar-refractivity contribution in [2.45, 2.75) is 17.2 Å². The lowest BCUT2D eigenvalue weighted by Gasteiger charge is -2.28. The molecule has 3 aromatic carbocycles. The maximum absolute atomic E-state index is 13.1. The molecule has 0 radical (unpaired) electrons. The summed E-state index contributed by atoms with van der Waals surface area (Å²) in [4.78, 5) is 52.3. The Labute approximate surface area is 240 Å². The molecule has 1 aliphatic heterocycles. The van der Waals surface area contributed by atoms with Gasteiger partial charge in [0.25, 0.3) is 5.91 Å². The highest BCUT2D eigenvalue weighted by Gasteiger charge is 2.66. The summed E-state index contributed by atoms with van der Waals surface area (Å²) >= 11 is 12.8. The third kappa shape index (κ3) is 4.71. The second-order valence-corrected chi connectivity index (χ2v) is 11.1. The highest BCUT2D eigenvalue weighted by atomic mass is 35.5. The number of benzene rings is 3. The van der Waals surface area contributed by atoms with E-state index in [9.17, 15) is 19.2 Å². The SMILES string of the molecule is O=C(COC(=O)c1ccc(N2C(=O)[C@@H]3[C@H]4C[C@@H]([C@H](Cl)[C@H]4Cl)[C@H]3C2=O)cc1)Nc1ccc(Oc2ccccc2)cc1. The standard InChI is InChI=1S/C30H24Cl2N2O6/c31-26-21-14-22(27(26)32)25-24(21)28(36)34(29(25)37)18-10-6-16(7-11-18)30(38)39-15-23(35)33-17-8-12-20(13-9-17)40-19-4-2-1-3-5-19/h1-13,21-22,24-27H,14-15H2,(H,33,35)/t21-,22-,24-,25-,26+,27+/m1/s1. The van der Waals surface area contributed by atoms with Crippen molar-refractivity contribution in [2.24, 2.45) is 23.7 Å². The third-order valence-corrected chi connectivity index (χ3v) is 9.12. The summed E-state index contributed by atoms with van der Waals surface area (Å²) < 4.78 is 10.9. The van der Waals surface area contributed by atoms with Crippen molar-refractivity contribution in [3.8, 4) is 11.5 Å². The van der Waals surface area contributed by atoms with E-state index in [1.807, 2.05) is 30.3 Å². The maximum Gasteiger partial charge on any atom is 0.338 e. The fourth-order valence-electron chi connectivity index (χ4n) is 5.99. The van der Waals surface area contributed by atoms with E-state index in [2.05, 4.69) is 5.32 Å². The number of carbonyl (C=O) groups excluding carboxylic acids is 4. The lowest BCUT2D eigenvalue weighted by molar-refractivity contribution is -0.123. The molecule has 3 aromatic rings. The molecular formula is C30H24Cl2N2O6. The van der Waals surface area contributed by atoms with Crippen LogP contribution in [-0.4, -0.2) is 41.1 Å². The Kier molecular flexibility index (Phi) is 6.98. The van der Waals surface area contributed by atoms with Crippen molar-refractivity contribution in [3.63, 3.8) is 0 Å². The number of anilines is 2. The molecule has 40 heavy (non-hydrogen) atoms. The molecule has 0 unspecified atom stereocenters. The van der Waals surface area contributed by atoms with Crippen LogP contribution in [0.1, 0.15) is 16.8 Å². The van der Waals surface area contributed by atoms with Crippen LogP contribution in [0.5, 0.6) is 11.5 Å². The van der Waals surface area contributed by atoms with E-state index in [1.54, 1.807) is 24.3 Å². The summed E-state index contributed by atoms with van der Waals surface area (Å²) in [6.45, 7) is -0.489. The van der Waals surface area contributed by atoms with E-state index >= 15 is 0 Å². The number of rotatable bonds is 7. The van der Waals surface area contributed by atoms with Crippen molar-refractivity contribution in [1.29, 1.82) is 0 Å². The van der Waals surface area contributed by atoms with Crippen LogP contribution < -0.4 is 15.0 Å². The monoisotopic (exact) mass is 578 g/mol. The number of nitrogens with zero attached hydrogens (tertiary/aromatic N) is 1. The molecule has 1 heterocycles. The van der Waals surface area contributed by atoms with Crippen molar-refractivity contribution in [2.75, 3.05) is 16.8 Å². The molecule has 3 amide bonds. The summed E-state index contributed by atoms with van der Waals surface area (Å²) in [6.07, 6.45) is 0.690. The van der Waals surface area contributed by atoms with Gasteiger partial charge in [-0.3, -0.25) is 19.3 Å². The van der Waals surface area contributed by atoms with E-state index < -0.39 is 30.3 Å². The third-order valence-electron chi connectivity index (χ3n) is 7.80. The number of nitrogens with one attached hydrogen (secondary N) is 1. The van der Waals surface area contributed by atoms with Gasteiger partial charge in [0.05, 0.1) is 33.8 Å². The van der Waals surface area contributed by atoms with Crippen molar-refractivity contribution in [3.05, 3.63) is 84.4 Å². The molecule has 10 heteroatoms. The van der Waals surface area contributed by atoms with Crippen LogP contribution in [0.25, 0.3) is 0 Å². The maximum atomic E-state index is 13.1. The molecule has 6 atom stereocenters. The van der Waals surface area contributed by atoms with Gasteiger partial charge in [-0.25, -0.2) is 4.79 Å². The second kappa shape index (κ2) is 10.6. The molecule has 2 aliphatic carbocycles. The van der Waals surface area contributed by atoms with Crippen LogP contribution >= 0.6 is 23.2 Å². The van der Waals surface area contributed by atoms with Gasteiger partial charge < -0.3 is 14.8 Å². The molecule has 2 saturated carbocycles. The van der Waals surface area contributed by atoms with Gasteiger partial charge in [-0.05, 0) is 78.9 Å². The van der Waals surface area contributed by atoms with Crippen LogP contribution in [0.4, 0.5) is 11.4 Å². The fourth-order valence-corrected chi connectivity index (χ4v) is 6.89. The Morgan fingerprint density at radius 2 is 1.38 bits per heavy atom. The van der Waals surface area contributed by atoms with Crippen LogP contribution in [0.15, 0.2) is 78.9 Å². The first-order chi connectivity index (χ1) is 19.3. The van der Waals surface area contributed by atoms with Gasteiger partial charge in [-0.1, -0.05) is 18.2 Å². The normalized spacial score (nSPS) is 26.5. The van der Waals surface area contributed by atoms with Gasteiger partial charge in [-0.2, -0.15) is 0 Å². The van der Waals surface area contributed by atoms with Crippen LogP contribution in [-0.2, 0) is 19.1 Å². The van der Waals surface area contributed by atoms with E-state index in [-0.39, 0.29) is 40.0 Å². The number of amides is 3.